The Hall–Kier alpha value is -0.0900. The summed E-state index contributed by atoms with van der Waals surface area (Å²) in [5.41, 5.74) is 0. The standard InChI is InChI=1S/C14H23ClN2S/c1-2-3-9-17(10-12-5-4-8-16-12)11-13-6-7-14(15)18-13/h6-7,12,16H,2-5,8-11H2,1H3. The summed E-state index contributed by atoms with van der Waals surface area (Å²) >= 11 is 7.72. The van der Waals surface area contributed by atoms with Crippen LogP contribution in [0.2, 0.25) is 4.34 Å². The minimum absolute atomic E-state index is 0.692. The van der Waals surface area contributed by atoms with Crippen molar-refractivity contribution < 1.29 is 0 Å². The Balaban J connectivity index is 1.86. The van der Waals surface area contributed by atoms with Crippen LogP contribution in [0.15, 0.2) is 12.1 Å². The fraction of sp³-hybridized carbons (Fsp3) is 0.714. The van der Waals surface area contributed by atoms with Crippen LogP contribution in [0.5, 0.6) is 0 Å². The number of hydrogen-bond acceptors (Lipinski definition) is 3. The molecule has 0 aromatic carbocycles. The first-order valence-electron chi connectivity index (χ1n) is 6.98. The Morgan fingerprint density at radius 1 is 1.50 bits per heavy atom. The molecular formula is C14H23ClN2S. The molecule has 0 aliphatic carbocycles. The summed E-state index contributed by atoms with van der Waals surface area (Å²) in [6.07, 6.45) is 5.20. The summed E-state index contributed by atoms with van der Waals surface area (Å²) in [6.45, 7) is 6.88. The molecule has 18 heavy (non-hydrogen) atoms. The van der Waals surface area contributed by atoms with E-state index in [4.69, 9.17) is 11.6 Å². The molecule has 1 atom stereocenters. The molecule has 1 aromatic heterocycles. The van der Waals surface area contributed by atoms with Crippen molar-refractivity contribution in [3.05, 3.63) is 21.3 Å². The third-order valence-electron chi connectivity index (χ3n) is 3.48. The van der Waals surface area contributed by atoms with Crippen LogP contribution in [0.3, 0.4) is 0 Å². The summed E-state index contributed by atoms with van der Waals surface area (Å²) in [6, 6.07) is 4.86. The molecule has 2 heterocycles. The van der Waals surface area contributed by atoms with Crippen molar-refractivity contribution in [2.24, 2.45) is 0 Å². The van der Waals surface area contributed by atoms with Crippen LogP contribution in [0, 0.1) is 0 Å². The molecule has 1 aromatic rings. The van der Waals surface area contributed by atoms with Crippen LogP contribution in [0.1, 0.15) is 37.5 Å². The van der Waals surface area contributed by atoms with Crippen LogP contribution < -0.4 is 5.32 Å². The normalized spacial score (nSPS) is 19.8. The summed E-state index contributed by atoms with van der Waals surface area (Å²) in [7, 11) is 0. The Morgan fingerprint density at radius 3 is 3.00 bits per heavy atom. The van der Waals surface area contributed by atoms with E-state index in [1.807, 2.05) is 6.07 Å². The predicted octanol–water partition coefficient (Wildman–Crippen LogP) is 3.76. The van der Waals surface area contributed by atoms with Gasteiger partial charge in [0.05, 0.1) is 4.34 Å². The number of thiophene rings is 1. The van der Waals surface area contributed by atoms with Crippen LogP contribution >= 0.6 is 22.9 Å². The number of halogens is 1. The molecule has 1 saturated heterocycles. The van der Waals surface area contributed by atoms with Gasteiger partial charge >= 0.3 is 0 Å². The van der Waals surface area contributed by atoms with Crippen molar-refractivity contribution in [2.75, 3.05) is 19.6 Å². The molecule has 1 N–H and O–H groups in total. The topological polar surface area (TPSA) is 15.3 Å². The molecule has 0 spiro atoms. The van der Waals surface area contributed by atoms with Gasteiger partial charge in [0.15, 0.2) is 0 Å². The second kappa shape index (κ2) is 7.49. The third-order valence-corrected chi connectivity index (χ3v) is 4.69. The molecule has 0 saturated carbocycles. The molecule has 102 valence electrons. The van der Waals surface area contributed by atoms with Gasteiger partial charge in [0.25, 0.3) is 0 Å². The van der Waals surface area contributed by atoms with Gasteiger partial charge in [-0.1, -0.05) is 24.9 Å². The number of rotatable bonds is 7. The lowest BCUT2D eigenvalue weighted by atomic mass is 10.2. The molecule has 2 nitrogen and oxygen atoms in total. The number of nitrogens with zero attached hydrogens (tertiary/aromatic N) is 1. The van der Waals surface area contributed by atoms with Crippen molar-refractivity contribution in [3.63, 3.8) is 0 Å². The fourth-order valence-electron chi connectivity index (χ4n) is 2.50. The minimum Gasteiger partial charge on any atom is -0.313 e. The van der Waals surface area contributed by atoms with E-state index >= 15 is 0 Å². The van der Waals surface area contributed by atoms with E-state index in [-0.39, 0.29) is 0 Å². The van der Waals surface area contributed by atoms with E-state index in [0.717, 1.165) is 10.9 Å². The van der Waals surface area contributed by atoms with E-state index in [9.17, 15) is 0 Å². The first-order valence-corrected chi connectivity index (χ1v) is 8.17. The predicted molar refractivity (Wildman–Crippen MR) is 80.5 cm³/mol. The second-order valence-corrected chi connectivity index (χ2v) is 6.89. The highest BCUT2D eigenvalue weighted by Gasteiger charge is 2.18. The smallest absolute Gasteiger partial charge is 0.0931 e. The van der Waals surface area contributed by atoms with Crippen molar-refractivity contribution in [1.29, 1.82) is 0 Å². The monoisotopic (exact) mass is 286 g/mol. The Bertz CT molecular complexity index is 347. The van der Waals surface area contributed by atoms with Crippen molar-refractivity contribution >= 4 is 22.9 Å². The van der Waals surface area contributed by atoms with Gasteiger partial charge in [-0.2, -0.15) is 0 Å². The maximum atomic E-state index is 6.01. The summed E-state index contributed by atoms with van der Waals surface area (Å²) < 4.78 is 0.902. The number of hydrogen-bond donors (Lipinski definition) is 1. The van der Waals surface area contributed by atoms with E-state index < -0.39 is 0 Å². The summed E-state index contributed by atoms with van der Waals surface area (Å²) in [4.78, 5) is 3.96. The van der Waals surface area contributed by atoms with E-state index in [1.165, 1.54) is 50.2 Å². The lowest BCUT2D eigenvalue weighted by molar-refractivity contribution is 0.239. The Kier molecular flexibility index (Phi) is 5.96. The van der Waals surface area contributed by atoms with E-state index in [2.05, 4.69) is 23.2 Å². The average Bonchev–Trinajstić information content (AvgIpc) is 2.98. The van der Waals surface area contributed by atoms with Gasteiger partial charge in [-0.15, -0.1) is 11.3 Å². The second-order valence-electron chi connectivity index (χ2n) is 5.09. The fourth-order valence-corrected chi connectivity index (χ4v) is 3.63. The lowest BCUT2D eigenvalue weighted by Crippen LogP contribution is -2.37. The molecular weight excluding hydrogens is 264 g/mol. The van der Waals surface area contributed by atoms with Gasteiger partial charge < -0.3 is 5.32 Å². The Morgan fingerprint density at radius 2 is 2.39 bits per heavy atom. The maximum absolute atomic E-state index is 6.01. The van der Waals surface area contributed by atoms with Crippen LogP contribution in [-0.2, 0) is 6.54 Å². The van der Waals surface area contributed by atoms with Gasteiger partial charge in [0.1, 0.15) is 0 Å². The van der Waals surface area contributed by atoms with Crippen molar-refractivity contribution in [2.45, 2.75) is 45.2 Å². The molecule has 1 fully saturated rings. The average molecular weight is 287 g/mol. The zero-order valence-corrected chi connectivity index (χ0v) is 12.7. The van der Waals surface area contributed by atoms with Crippen molar-refractivity contribution in [3.8, 4) is 0 Å². The molecule has 1 aliphatic heterocycles. The van der Waals surface area contributed by atoms with E-state index in [0.29, 0.717) is 6.04 Å². The molecule has 0 bridgehead atoms. The zero-order valence-electron chi connectivity index (χ0n) is 11.1. The van der Waals surface area contributed by atoms with Gasteiger partial charge in [-0.05, 0) is 44.5 Å². The van der Waals surface area contributed by atoms with Crippen LogP contribution in [0.25, 0.3) is 0 Å². The van der Waals surface area contributed by atoms with Gasteiger partial charge in [0, 0.05) is 24.0 Å². The van der Waals surface area contributed by atoms with Gasteiger partial charge in [-0.3, -0.25) is 4.90 Å². The Labute approximate surface area is 119 Å². The molecule has 0 radical (unpaired) electrons. The highest BCUT2D eigenvalue weighted by atomic mass is 35.5. The van der Waals surface area contributed by atoms with Crippen LogP contribution in [0.4, 0.5) is 0 Å². The lowest BCUT2D eigenvalue weighted by Gasteiger charge is -2.25. The highest BCUT2D eigenvalue weighted by Crippen LogP contribution is 2.23. The third kappa shape index (κ3) is 4.54. The summed E-state index contributed by atoms with van der Waals surface area (Å²) in [5.74, 6) is 0. The first-order chi connectivity index (χ1) is 8.78. The van der Waals surface area contributed by atoms with E-state index in [1.54, 1.807) is 11.3 Å². The van der Waals surface area contributed by atoms with Gasteiger partial charge in [-0.25, -0.2) is 0 Å². The zero-order chi connectivity index (χ0) is 12.8. The van der Waals surface area contributed by atoms with Crippen LogP contribution in [-0.4, -0.2) is 30.6 Å². The van der Waals surface area contributed by atoms with Crippen molar-refractivity contribution in [1.82, 2.24) is 10.2 Å². The summed E-state index contributed by atoms with van der Waals surface area (Å²) in [5, 5.41) is 3.59. The molecule has 0 amide bonds. The van der Waals surface area contributed by atoms with Gasteiger partial charge in [0.2, 0.25) is 0 Å². The quantitative estimate of drug-likeness (QED) is 0.821. The SMILES string of the molecule is CCCCN(Cc1ccc(Cl)s1)CC1CCCN1. The maximum Gasteiger partial charge on any atom is 0.0931 e. The molecule has 1 unspecified atom stereocenters. The first kappa shape index (κ1) is 14.3. The molecule has 1 aliphatic rings. The number of nitrogens with one attached hydrogen (secondary N) is 1. The number of unbranched alkanes of at least 4 members (excludes halogenated alkanes) is 1. The molecule has 2 rings (SSSR count). The molecule has 4 heteroatoms. The highest BCUT2D eigenvalue weighted by molar-refractivity contribution is 7.16. The largest absolute Gasteiger partial charge is 0.313 e. The minimum atomic E-state index is 0.692.